The Hall–Kier alpha value is -3.66. The maximum absolute atomic E-state index is 12.9. The third kappa shape index (κ3) is 3.58. The lowest BCUT2D eigenvalue weighted by molar-refractivity contribution is -0.118. The van der Waals surface area contributed by atoms with Gasteiger partial charge in [-0.3, -0.25) is 4.79 Å². The van der Waals surface area contributed by atoms with Gasteiger partial charge < -0.3 is 15.0 Å². The summed E-state index contributed by atoms with van der Waals surface area (Å²) in [5.74, 6) is -0.157. The number of rotatable bonds is 6. The molecule has 0 unspecified atom stereocenters. The van der Waals surface area contributed by atoms with E-state index in [1.54, 1.807) is 0 Å². The molecule has 0 saturated heterocycles. The van der Waals surface area contributed by atoms with Gasteiger partial charge in [-0.05, 0) is 34.4 Å². The van der Waals surface area contributed by atoms with E-state index in [2.05, 4.69) is 5.32 Å². The third-order valence-electron chi connectivity index (χ3n) is 4.82. The van der Waals surface area contributed by atoms with Crippen LogP contribution in [0.2, 0.25) is 0 Å². The normalized spacial score (nSPS) is 10.7. The number of carbonyl (C=O) groups is 2. The van der Waals surface area contributed by atoms with E-state index in [-0.39, 0.29) is 19.0 Å². The van der Waals surface area contributed by atoms with Crippen molar-refractivity contribution in [1.82, 2.24) is 0 Å². The van der Waals surface area contributed by atoms with Gasteiger partial charge in [-0.15, -0.1) is 0 Å². The molecule has 0 aromatic heterocycles. The summed E-state index contributed by atoms with van der Waals surface area (Å²) in [6.45, 7) is 0.128. The van der Waals surface area contributed by atoms with Crippen molar-refractivity contribution < 1.29 is 9.59 Å². The van der Waals surface area contributed by atoms with Crippen LogP contribution in [0.1, 0.15) is 0 Å². The van der Waals surface area contributed by atoms with Crippen molar-refractivity contribution >= 4 is 45.1 Å². The maximum atomic E-state index is 12.9. The second-order valence-corrected chi connectivity index (χ2v) is 6.58. The lowest BCUT2D eigenvalue weighted by Gasteiger charge is -2.21. The standard InChI is InChI=1S/C24H20N2O2/c27-15-14-26(21-13-12-18-6-1-2-8-20(18)16-21)24(28)17-25-23-11-5-9-19-7-3-4-10-22(19)23/h1-13,15-16,25H,14,17H2. The maximum Gasteiger partial charge on any atom is 0.246 e. The minimum Gasteiger partial charge on any atom is -0.376 e. The zero-order valence-electron chi connectivity index (χ0n) is 15.3. The molecule has 0 heterocycles. The molecule has 4 aromatic carbocycles. The van der Waals surface area contributed by atoms with E-state index >= 15 is 0 Å². The zero-order valence-corrected chi connectivity index (χ0v) is 15.3. The number of hydrogen-bond donors (Lipinski definition) is 1. The number of amides is 1. The highest BCUT2D eigenvalue weighted by molar-refractivity contribution is 6.01. The molecule has 0 aliphatic heterocycles. The lowest BCUT2D eigenvalue weighted by atomic mass is 10.1. The van der Waals surface area contributed by atoms with Crippen molar-refractivity contribution in [3.8, 4) is 0 Å². The molecule has 1 N–H and O–H groups in total. The van der Waals surface area contributed by atoms with Crippen LogP contribution in [-0.2, 0) is 9.59 Å². The van der Waals surface area contributed by atoms with E-state index in [0.29, 0.717) is 0 Å². The van der Waals surface area contributed by atoms with Crippen LogP contribution in [-0.4, -0.2) is 25.3 Å². The lowest BCUT2D eigenvalue weighted by Crippen LogP contribution is -2.37. The van der Waals surface area contributed by atoms with E-state index in [9.17, 15) is 9.59 Å². The van der Waals surface area contributed by atoms with Gasteiger partial charge in [-0.1, -0.05) is 66.7 Å². The highest BCUT2D eigenvalue weighted by Gasteiger charge is 2.16. The topological polar surface area (TPSA) is 49.4 Å². The van der Waals surface area contributed by atoms with Crippen molar-refractivity contribution in [3.63, 3.8) is 0 Å². The number of hydrogen-bond acceptors (Lipinski definition) is 3. The van der Waals surface area contributed by atoms with Crippen LogP contribution in [0, 0.1) is 0 Å². The van der Waals surface area contributed by atoms with Gasteiger partial charge >= 0.3 is 0 Å². The molecule has 4 aromatic rings. The molecule has 0 radical (unpaired) electrons. The molecule has 0 fully saturated rings. The fraction of sp³-hybridized carbons (Fsp3) is 0.0833. The van der Waals surface area contributed by atoms with Crippen molar-refractivity contribution in [1.29, 1.82) is 0 Å². The summed E-state index contributed by atoms with van der Waals surface area (Å²) >= 11 is 0. The van der Waals surface area contributed by atoms with Gasteiger partial charge in [0.1, 0.15) is 6.29 Å². The van der Waals surface area contributed by atoms with Crippen molar-refractivity contribution in [2.24, 2.45) is 0 Å². The van der Waals surface area contributed by atoms with Crippen LogP contribution in [0.5, 0.6) is 0 Å². The summed E-state index contributed by atoms with van der Waals surface area (Å²) in [4.78, 5) is 25.6. The number of aldehydes is 1. The second kappa shape index (κ2) is 7.92. The second-order valence-electron chi connectivity index (χ2n) is 6.58. The fourth-order valence-corrected chi connectivity index (χ4v) is 3.42. The molecule has 138 valence electrons. The van der Waals surface area contributed by atoms with Crippen molar-refractivity contribution in [2.45, 2.75) is 0 Å². The number of fused-ring (bicyclic) bond motifs is 2. The van der Waals surface area contributed by atoms with Crippen molar-refractivity contribution in [3.05, 3.63) is 84.9 Å². The molecule has 4 rings (SSSR count). The third-order valence-corrected chi connectivity index (χ3v) is 4.82. The number of anilines is 2. The summed E-state index contributed by atoms with van der Waals surface area (Å²) in [6.07, 6.45) is 0.755. The molecule has 0 aliphatic carbocycles. The number of nitrogens with zero attached hydrogens (tertiary/aromatic N) is 1. The van der Waals surface area contributed by atoms with E-state index < -0.39 is 0 Å². The first kappa shape index (κ1) is 17.7. The number of benzene rings is 4. The smallest absolute Gasteiger partial charge is 0.246 e. The molecule has 1 amide bonds. The molecule has 4 heteroatoms. The quantitative estimate of drug-likeness (QED) is 0.505. The van der Waals surface area contributed by atoms with Gasteiger partial charge in [0, 0.05) is 16.8 Å². The Morgan fingerprint density at radius 2 is 1.54 bits per heavy atom. The van der Waals surface area contributed by atoms with E-state index in [1.165, 1.54) is 4.90 Å². The van der Waals surface area contributed by atoms with Gasteiger partial charge in [-0.25, -0.2) is 0 Å². The van der Waals surface area contributed by atoms with Crippen LogP contribution >= 0.6 is 0 Å². The first-order chi connectivity index (χ1) is 13.8. The molecular weight excluding hydrogens is 348 g/mol. The number of carbonyl (C=O) groups excluding carboxylic acids is 2. The van der Waals surface area contributed by atoms with E-state index in [1.807, 2.05) is 84.9 Å². The summed E-state index contributed by atoms with van der Waals surface area (Å²) in [6, 6.07) is 27.7. The van der Waals surface area contributed by atoms with Crippen LogP contribution in [0.3, 0.4) is 0 Å². The molecule has 0 atom stereocenters. The van der Waals surface area contributed by atoms with Crippen molar-refractivity contribution in [2.75, 3.05) is 23.3 Å². The minimum absolute atomic E-state index is 0.0222. The Balaban J connectivity index is 1.57. The molecule has 0 bridgehead atoms. The van der Waals surface area contributed by atoms with Crippen LogP contribution in [0.25, 0.3) is 21.5 Å². The highest BCUT2D eigenvalue weighted by atomic mass is 16.2. The molecule has 0 saturated carbocycles. The molecule has 0 aliphatic rings. The highest BCUT2D eigenvalue weighted by Crippen LogP contribution is 2.24. The van der Waals surface area contributed by atoms with Gasteiger partial charge in [0.05, 0.1) is 13.1 Å². The van der Waals surface area contributed by atoms with Gasteiger partial charge in [-0.2, -0.15) is 0 Å². The largest absolute Gasteiger partial charge is 0.376 e. The summed E-state index contributed by atoms with van der Waals surface area (Å²) in [5, 5.41) is 7.53. The fourth-order valence-electron chi connectivity index (χ4n) is 3.42. The predicted octanol–water partition coefficient (Wildman–Crippen LogP) is 4.64. The van der Waals surface area contributed by atoms with E-state index in [4.69, 9.17) is 0 Å². The Bertz CT molecular complexity index is 1150. The Labute approximate surface area is 163 Å². The zero-order chi connectivity index (χ0) is 19.3. The first-order valence-electron chi connectivity index (χ1n) is 9.21. The summed E-state index contributed by atoms with van der Waals surface area (Å²) < 4.78 is 0. The predicted molar refractivity (Wildman–Crippen MR) is 115 cm³/mol. The van der Waals surface area contributed by atoms with E-state index in [0.717, 1.165) is 39.2 Å². The summed E-state index contributed by atoms with van der Waals surface area (Å²) in [5.41, 5.74) is 1.62. The minimum atomic E-state index is -0.157. The van der Waals surface area contributed by atoms with Gasteiger partial charge in [0.15, 0.2) is 0 Å². The monoisotopic (exact) mass is 368 g/mol. The van der Waals surface area contributed by atoms with Crippen LogP contribution in [0.15, 0.2) is 84.9 Å². The van der Waals surface area contributed by atoms with Crippen LogP contribution < -0.4 is 10.2 Å². The SMILES string of the molecule is O=CCN(C(=O)CNc1cccc2ccccc12)c1ccc2ccccc2c1. The molecular formula is C24H20N2O2. The molecule has 4 nitrogen and oxygen atoms in total. The molecule has 0 spiro atoms. The Morgan fingerprint density at radius 3 is 2.36 bits per heavy atom. The average molecular weight is 368 g/mol. The van der Waals surface area contributed by atoms with Gasteiger partial charge in [0.25, 0.3) is 0 Å². The Morgan fingerprint density at radius 1 is 0.821 bits per heavy atom. The molecule has 28 heavy (non-hydrogen) atoms. The Kier molecular flexibility index (Phi) is 5.02. The summed E-state index contributed by atoms with van der Waals surface area (Å²) in [7, 11) is 0. The van der Waals surface area contributed by atoms with Crippen LogP contribution in [0.4, 0.5) is 11.4 Å². The average Bonchev–Trinajstić information content (AvgIpc) is 2.75. The number of nitrogens with one attached hydrogen (secondary N) is 1. The van der Waals surface area contributed by atoms with Gasteiger partial charge in [0.2, 0.25) is 5.91 Å². The first-order valence-corrected chi connectivity index (χ1v) is 9.21.